The van der Waals surface area contributed by atoms with Crippen LogP contribution in [-0.4, -0.2) is 25.5 Å². The highest BCUT2D eigenvalue weighted by Gasteiger charge is 2.14. The second-order valence-corrected chi connectivity index (χ2v) is 6.52. The third-order valence-corrected chi connectivity index (χ3v) is 3.87. The lowest BCUT2D eigenvalue weighted by Crippen LogP contribution is -3.09. The van der Waals surface area contributed by atoms with Gasteiger partial charge in [0.15, 0.2) is 6.54 Å². The van der Waals surface area contributed by atoms with E-state index in [2.05, 4.69) is 48.7 Å². The van der Waals surface area contributed by atoms with Gasteiger partial charge >= 0.3 is 6.03 Å². The van der Waals surface area contributed by atoms with E-state index in [1.54, 1.807) is 12.1 Å². The Hall–Kier alpha value is -2.60. The zero-order valence-electron chi connectivity index (χ0n) is 15.0. The van der Waals surface area contributed by atoms with Crippen molar-refractivity contribution in [3.63, 3.8) is 0 Å². The standard InChI is InChI=1S/C19H25N3O3/c1-14(2)16-8-6-15(7-9-16)12-22(3)13-18(23)21-19(24)20-11-17-5-4-10-25-17/h4-10,14H,11-13H2,1-3H3,(H2,20,21,23,24)/p+1. The van der Waals surface area contributed by atoms with Gasteiger partial charge in [-0.3, -0.25) is 10.1 Å². The van der Waals surface area contributed by atoms with E-state index < -0.39 is 6.03 Å². The maximum Gasteiger partial charge on any atom is 0.321 e. The molecule has 0 aliphatic rings. The lowest BCUT2D eigenvalue weighted by molar-refractivity contribution is -0.885. The summed E-state index contributed by atoms with van der Waals surface area (Å²) >= 11 is 0. The van der Waals surface area contributed by atoms with Gasteiger partial charge in [0, 0.05) is 5.56 Å². The van der Waals surface area contributed by atoms with Crippen molar-refractivity contribution in [3.8, 4) is 0 Å². The average molecular weight is 344 g/mol. The summed E-state index contributed by atoms with van der Waals surface area (Å²) in [6.07, 6.45) is 1.53. The minimum absolute atomic E-state index is 0.222. The van der Waals surface area contributed by atoms with Crippen LogP contribution >= 0.6 is 0 Å². The second kappa shape index (κ2) is 9.03. The fourth-order valence-corrected chi connectivity index (χ4v) is 2.50. The van der Waals surface area contributed by atoms with Gasteiger partial charge in [0.25, 0.3) is 5.91 Å². The molecule has 2 rings (SSSR count). The molecule has 0 saturated carbocycles. The molecule has 1 unspecified atom stereocenters. The zero-order valence-corrected chi connectivity index (χ0v) is 15.0. The molecule has 1 heterocycles. The monoisotopic (exact) mass is 344 g/mol. The molecular weight excluding hydrogens is 318 g/mol. The van der Waals surface area contributed by atoms with Crippen LogP contribution in [0.15, 0.2) is 47.1 Å². The summed E-state index contributed by atoms with van der Waals surface area (Å²) in [6.45, 7) is 5.51. The average Bonchev–Trinajstić information content (AvgIpc) is 3.06. The highest BCUT2D eigenvalue weighted by molar-refractivity contribution is 5.94. The molecule has 0 aliphatic heterocycles. The summed E-state index contributed by atoms with van der Waals surface area (Å²) in [7, 11) is 1.93. The van der Waals surface area contributed by atoms with Crippen LogP contribution in [0.5, 0.6) is 0 Å². The molecule has 3 amide bonds. The van der Waals surface area contributed by atoms with Crippen molar-refractivity contribution >= 4 is 11.9 Å². The Labute approximate surface area is 148 Å². The number of imide groups is 1. The molecule has 0 aliphatic carbocycles. The minimum atomic E-state index is -0.518. The first kappa shape index (κ1) is 18.7. The molecule has 25 heavy (non-hydrogen) atoms. The van der Waals surface area contributed by atoms with Crippen LogP contribution in [0.4, 0.5) is 4.79 Å². The molecule has 1 aromatic carbocycles. The predicted molar refractivity (Wildman–Crippen MR) is 95.1 cm³/mol. The van der Waals surface area contributed by atoms with Crippen LogP contribution in [0.1, 0.15) is 36.7 Å². The van der Waals surface area contributed by atoms with E-state index in [1.807, 2.05) is 7.05 Å². The highest BCUT2D eigenvalue weighted by atomic mass is 16.3. The lowest BCUT2D eigenvalue weighted by Gasteiger charge is -2.14. The van der Waals surface area contributed by atoms with E-state index in [1.165, 1.54) is 11.8 Å². The van der Waals surface area contributed by atoms with Crippen molar-refractivity contribution in [1.29, 1.82) is 0 Å². The molecular formula is C19H26N3O3+. The van der Waals surface area contributed by atoms with Crippen LogP contribution in [0.3, 0.4) is 0 Å². The van der Waals surface area contributed by atoms with Gasteiger partial charge < -0.3 is 14.6 Å². The molecule has 6 nitrogen and oxygen atoms in total. The van der Waals surface area contributed by atoms with Gasteiger partial charge in [-0.25, -0.2) is 4.79 Å². The Kier molecular flexibility index (Phi) is 6.77. The molecule has 0 fully saturated rings. The molecule has 6 heteroatoms. The largest absolute Gasteiger partial charge is 0.467 e. The molecule has 0 radical (unpaired) electrons. The van der Waals surface area contributed by atoms with Crippen molar-refractivity contribution < 1.29 is 18.9 Å². The second-order valence-electron chi connectivity index (χ2n) is 6.52. The molecule has 1 aromatic heterocycles. The number of urea groups is 1. The third-order valence-electron chi connectivity index (χ3n) is 3.87. The van der Waals surface area contributed by atoms with Crippen molar-refractivity contribution in [3.05, 3.63) is 59.5 Å². The quantitative estimate of drug-likeness (QED) is 0.711. The molecule has 1 atom stereocenters. The SMILES string of the molecule is CC(C)c1ccc(C[NH+](C)CC(=O)NC(=O)NCc2ccco2)cc1. The Morgan fingerprint density at radius 3 is 2.48 bits per heavy atom. The summed E-state index contributed by atoms with van der Waals surface area (Å²) in [5.41, 5.74) is 2.46. The first-order valence-electron chi connectivity index (χ1n) is 8.44. The number of benzene rings is 1. The van der Waals surface area contributed by atoms with Gasteiger partial charge in [0.1, 0.15) is 12.3 Å². The summed E-state index contributed by atoms with van der Waals surface area (Å²) in [5, 5.41) is 4.91. The first-order chi connectivity index (χ1) is 11.9. The fourth-order valence-electron chi connectivity index (χ4n) is 2.50. The number of hydrogen-bond donors (Lipinski definition) is 3. The number of quaternary nitrogens is 1. The van der Waals surface area contributed by atoms with E-state index >= 15 is 0 Å². The maximum absolute atomic E-state index is 11.9. The number of amides is 3. The number of hydrogen-bond acceptors (Lipinski definition) is 3. The maximum atomic E-state index is 11.9. The Bertz CT molecular complexity index is 678. The number of rotatable bonds is 7. The van der Waals surface area contributed by atoms with Crippen LogP contribution in [0.2, 0.25) is 0 Å². The van der Waals surface area contributed by atoms with Gasteiger partial charge in [0.05, 0.1) is 19.9 Å². The van der Waals surface area contributed by atoms with Gasteiger partial charge in [0.2, 0.25) is 0 Å². The Morgan fingerprint density at radius 2 is 1.88 bits per heavy atom. The van der Waals surface area contributed by atoms with E-state index in [0.717, 1.165) is 17.0 Å². The molecule has 134 valence electrons. The highest BCUT2D eigenvalue weighted by Crippen LogP contribution is 2.14. The van der Waals surface area contributed by atoms with Crippen LogP contribution in [-0.2, 0) is 17.9 Å². The van der Waals surface area contributed by atoms with Crippen molar-refractivity contribution in [2.75, 3.05) is 13.6 Å². The number of carbonyl (C=O) groups is 2. The van der Waals surface area contributed by atoms with E-state index in [9.17, 15) is 9.59 Å². The van der Waals surface area contributed by atoms with E-state index in [-0.39, 0.29) is 19.0 Å². The van der Waals surface area contributed by atoms with E-state index in [4.69, 9.17) is 4.42 Å². The van der Waals surface area contributed by atoms with Crippen molar-refractivity contribution in [2.24, 2.45) is 0 Å². The summed E-state index contributed by atoms with van der Waals surface area (Å²) in [4.78, 5) is 24.6. The number of furan rings is 1. The zero-order chi connectivity index (χ0) is 18.2. The molecule has 0 spiro atoms. The molecule has 0 bridgehead atoms. The van der Waals surface area contributed by atoms with Crippen LogP contribution in [0.25, 0.3) is 0 Å². The first-order valence-corrected chi connectivity index (χ1v) is 8.44. The Balaban J connectivity index is 1.72. The van der Waals surface area contributed by atoms with Crippen LogP contribution in [0, 0.1) is 0 Å². The van der Waals surface area contributed by atoms with E-state index in [0.29, 0.717) is 11.7 Å². The van der Waals surface area contributed by atoms with Gasteiger partial charge in [-0.15, -0.1) is 0 Å². The topological polar surface area (TPSA) is 75.8 Å². The fraction of sp³-hybridized carbons (Fsp3) is 0.368. The van der Waals surface area contributed by atoms with Crippen LogP contribution < -0.4 is 15.5 Å². The molecule has 2 aromatic rings. The van der Waals surface area contributed by atoms with Gasteiger partial charge in [-0.05, 0) is 23.6 Å². The minimum Gasteiger partial charge on any atom is -0.467 e. The Morgan fingerprint density at radius 1 is 1.16 bits per heavy atom. The van der Waals surface area contributed by atoms with Crippen molar-refractivity contribution in [2.45, 2.75) is 32.9 Å². The number of likely N-dealkylation sites (N-methyl/N-ethyl adjacent to an activating group) is 1. The predicted octanol–water partition coefficient (Wildman–Crippen LogP) is 1.44. The normalized spacial score (nSPS) is 12.0. The number of nitrogens with one attached hydrogen (secondary N) is 3. The van der Waals surface area contributed by atoms with Gasteiger partial charge in [-0.1, -0.05) is 38.1 Å². The molecule has 3 N–H and O–H groups in total. The summed E-state index contributed by atoms with van der Waals surface area (Å²) in [6, 6.07) is 11.4. The smallest absolute Gasteiger partial charge is 0.321 e. The summed E-state index contributed by atoms with van der Waals surface area (Å²) < 4.78 is 5.11. The lowest BCUT2D eigenvalue weighted by atomic mass is 10.0. The summed E-state index contributed by atoms with van der Waals surface area (Å²) in [5.74, 6) is 0.827. The van der Waals surface area contributed by atoms with Gasteiger partial charge in [-0.2, -0.15) is 0 Å². The third kappa shape index (κ3) is 6.43. The molecule has 0 saturated heterocycles. The van der Waals surface area contributed by atoms with Crippen molar-refractivity contribution in [1.82, 2.24) is 10.6 Å². The number of carbonyl (C=O) groups excluding carboxylic acids is 2.